The normalized spacial score (nSPS) is 15.4. The Hall–Kier alpha value is -3.92. The molecular weight excluding hydrogens is 424 g/mol. The monoisotopic (exact) mass is 450 g/mol. The zero-order chi connectivity index (χ0) is 23.4. The highest BCUT2D eigenvalue weighted by molar-refractivity contribution is 5.91. The molecule has 170 valence electrons. The third-order valence-electron chi connectivity index (χ3n) is 5.99. The summed E-state index contributed by atoms with van der Waals surface area (Å²) in [6.07, 6.45) is 2.86. The van der Waals surface area contributed by atoms with Crippen LogP contribution in [0.4, 0.5) is 11.5 Å². The van der Waals surface area contributed by atoms with Gasteiger partial charge in [0.15, 0.2) is 0 Å². The number of nitrogens with one attached hydrogen (secondary N) is 1. The van der Waals surface area contributed by atoms with Crippen LogP contribution in [0.5, 0.6) is 11.5 Å². The van der Waals surface area contributed by atoms with E-state index in [9.17, 15) is 5.11 Å². The van der Waals surface area contributed by atoms with Crippen molar-refractivity contribution in [2.24, 2.45) is 0 Å². The molecule has 34 heavy (non-hydrogen) atoms. The van der Waals surface area contributed by atoms with Crippen LogP contribution < -0.4 is 10.1 Å². The van der Waals surface area contributed by atoms with E-state index in [-0.39, 0.29) is 0 Å². The van der Waals surface area contributed by atoms with E-state index in [0.717, 1.165) is 46.7 Å². The molecule has 1 aliphatic rings. The minimum absolute atomic E-state index is 0.657. The van der Waals surface area contributed by atoms with E-state index in [0.29, 0.717) is 18.7 Å². The molecule has 0 amide bonds. The molecule has 0 aliphatic carbocycles. The largest absolute Gasteiger partial charge is 0.457 e. The quantitative estimate of drug-likeness (QED) is 0.428. The van der Waals surface area contributed by atoms with Gasteiger partial charge in [-0.2, -0.15) is 0 Å². The second-order valence-electron chi connectivity index (χ2n) is 8.60. The summed E-state index contributed by atoms with van der Waals surface area (Å²) in [4.78, 5) is 11.0. The summed E-state index contributed by atoms with van der Waals surface area (Å²) in [5.74, 6) is 8.51. The average Bonchev–Trinajstić information content (AvgIpc) is 2.87. The molecule has 1 aliphatic heterocycles. The standard InChI is InChI=1S/C28H26N4O2/c1-32-17-15-28(33,16-18-32)14-13-21-7-12-26-25(19-21)27(30-20-29-26)31-22-8-10-24(11-9-22)34-23-5-3-2-4-6-23/h2-12,19-20,33H,15-18H2,1H3,(H,29,30,31). The number of benzene rings is 3. The lowest BCUT2D eigenvalue weighted by Crippen LogP contribution is -2.41. The second kappa shape index (κ2) is 9.52. The Morgan fingerprint density at radius 2 is 1.68 bits per heavy atom. The van der Waals surface area contributed by atoms with Crippen molar-refractivity contribution in [2.45, 2.75) is 18.4 Å². The molecule has 1 fully saturated rings. The zero-order valence-electron chi connectivity index (χ0n) is 19.0. The van der Waals surface area contributed by atoms with Gasteiger partial charge >= 0.3 is 0 Å². The fourth-order valence-electron chi connectivity index (χ4n) is 3.90. The minimum Gasteiger partial charge on any atom is -0.457 e. The summed E-state index contributed by atoms with van der Waals surface area (Å²) in [5, 5.41) is 15.0. The third kappa shape index (κ3) is 5.18. The molecule has 0 radical (unpaired) electrons. The number of ether oxygens (including phenoxy) is 1. The SMILES string of the molecule is CN1CCC(O)(C#Cc2ccc3ncnc(Nc4ccc(Oc5ccccc5)cc4)c3c2)CC1. The Bertz CT molecular complexity index is 1340. The highest BCUT2D eigenvalue weighted by atomic mass is 16.5. The first kappa shape index (κ1) is 21.9. The first-order chi connectivity index (χ1) is 16.6. The molecule has 4 aromatic rings. The molecule has 0 saturated carbocycles. The van der Waals surface area contributed by atoms with Crippen molar-refractivity contribution >= 4 is 22.4 Å². The van der Waals surface area contributed by atoms with Crippen molar-refractivity contribution in [3.63, 3.8) is 0 Å². The van der Waals surface area contributed by atoms with E-state index in [1.165, 1.54) is 0 Å². The Kier molecular flexibility index (Phi) is 6.13. The van der Waals surface area contributed by atoms with Crippen molar-refractivity contribution in [2.75, 3.05) is 25.5 Å². The van der Waals surface area contributed by atoms with Gasteiger partial charge in [-0.15, -0.1) is 0 Å². The van der Waals surface area contributed by atoms with Crippen LogP contribution in [0.15, 0.2) is 79.1 Å². The van der Waals surface area contributed by atoms with Gasteiger partial charge in [0.1, 0.15) is 29.2 Å². The number of aliphatic hydroxyl groups is 1. The van der Waals surface area contributed by atoms with Gasteiger partial charge in [-0.05, 0) is 61.6 Å². The third-order valence-corrected chi connectivity index (χ3v) is 5.99. The van der Waals surface area contributed by atoms with Crippen LogP contribution in [0, 0.1) is 11.8 Å². The number of rotatable bonds is 4. The molecule has 0 unspecified atom stereocenters. The summed E-state index contributed by atoms with van der Waals surface area (Å²) in [7, 11) is 2.06. The van der Waals surface area contributed by atoms with Gasteiger partial charge in [0.05, 0.1) is 5.52 Å². The molecule has 6 nitrogen and oxygen atoms in total. The summed E-state index contributed by atoms with van der Waals surface area (Å²) in [5.41, 5.74) is 1.60. The summed E-state index contributed by atoms with van der Waals surface area (Å²) in [6.45, 7) is 1.69. The molecule has 1 aromatic heterocycles. The number of piperidine rings is 1. The van der Waals surface area contributed by atoms with E-state index >= 15 is 0 Å². The Morgan fingerprint density at radius 3 is 2.44 bits per heavy atom. The maximum atomic E-state index is 10.8. The number of anilines is 2. The van der Waals surface area contributed by atoms with Crippen molar-refractivity contribution in [1.29, 1.82) is 0 Å². The van der Waals surface area contributed by atoms with Crippen molar-refractivity contribution < 1.29 is 9.84 Å². The molecule has 0 spiro atoms. The average molecular weight is 451 g/mol. The molecule has 2 N–H and O–H groups in total. The molecule has 1 saturated heterocycles. The Balaban J connectivity index is 1.35. The number of hydrogen-bond acceptors (Lipinski definition) is 6. The number of aromatic nitrogens is 2. The van der Waals surface area contributed by atoms with Crippen LogP contribution in [0.3, 0.4) is 0 Å². The maximum absolute atomic E-state index is 10.8. The van der Waals surface area contributed by atoms with Crippen molar-refractivity contribution in [1.82, 2.24) is 14.9 Å². The van der Waals surface area contributed by atoms with Gasteiger partial charge in [0.25, 0.3) is 0 Å². The predicted octanol–water partition coefficient (Wildman–Crippen LogP) is 4.97. The van der Waals surface area contributed by atoms with Crippen LogP contribution in [0.2, 0.25) is 0 Å². The number of fused-ring (bicyclic) bond motifs is 1. The molecule has 6 heteroatoms. The van der Waals surface area contributed by atoms with Crippen LogP contribution >= 0.6 is 0 Å². The number of nitrogens with zero attached hydrogens (tertiary/aromatic N) is 3. The van der Waals surface area contributed by atoms with Crippen LogP contribution in [0.25, 0.3) is 10.9 Å². The molecule has 0 bridgehead atoms. The predicted molar refractivity (Wildman–Crippen MR) is 134 cm³/mol. The first-order valence-electron chi connectivity index (χ1n) is 11.4. The van der Waals surface area contributed by atoms with Gasteiger partial charge in [0, 0.05) is 42.6 Å². The summed E-state index contributed by atoms with van der Waals surface area (Å²) in [6, 6.07) is 23.2. The summed E-state index contributed by atoms with van der Waals surface area (Å²) < 4.78 is 5.87. The van der Waals surface area contributed by atoms with Gasteiger partial charge in [0.2, 0.25) is 0 Å². The summed E-state index contributed by atoms with van der Waals surface area (Å²) >= 11 is 0. The molecular formula is C28H26N4O2. The van der Waals surface area contributed by atoms with E-state index in [1.54, 1.807) is 6.33 Å². The van der Waals surface area contributed by atoms with Gasteiger partial charge in [-0.25, -0.2) is 9.97 Å². The zero-order valence-corrected chi connectivity index (χ0v) is 19.0. The highest BCUT2D eigenvalue weighted by Gasteiger charge is 2.28. The highest BCUT2D eigenvalue weighted by Crippen LogP contribution is 2.27. The molecule has 5 rings (SSSR count). The van der Waals surface area contributed by atoms with Crippen LogP contribution in [-0.4, -0.2) is 45.7 Å². The van der Waals surface area contributed by atoms with E-state index in [4.69, 9.17) is 4.74 Å². The lowest BCUT2D eigenvalue weighted by Gasteiger charge is -2.32. The van der Waals surface area contributed by atoms with Gasteiger partial charge < -0.3 is 20.1 Å². The minimum atomic E-state index is -0.931. The lowest BCUT2D eigenvalue weighted by molar-refractivity contribution is 0.0350. The van der Waals surface area contributed by atoms with Crippen LogP contribution in [-0.2, 0) is 0 Å². The van der Waals surface area contributed by atoms with Gasteiger partial charge in [-0.1, -0.05) is 30.0 Å². The number of likely N-dealkylation sites (tertiary alicyclic amines) is 1. The van der Waals surface area contributed by atoms with Gasteiger partial charge in [-0.3, -0.25) is 0 Å². The molecule has 0 atom stereocenters. The van der Waals surface area contributed by atoms with E-state index < -0.39 is 5.60 Å². The fraction of sp³-hybridized carbons (Fsp3) is 0.214. The lowest BCUT2D eigenvalue weighted by atomic mass is 9.92. The fourth-order valence-corrected chi connectivity index (χ4v) is 3.90. The first-order valence-corrected chi connectivity index (χ1v) is 11.4. The Morgan fingerprint density at radius 1 is 0.941 bits per heavy atom. The number of para-hydroxylation sites is 1. The van der Waals surface area contributed by atoms with E-state index in [1.807, 2.05) is 72.8 Å². The topological polar surface area (TPSA) is 70.5 Å². The maximum Gasteiger partial charge on any atom is 0.141 e. The molecule has 2 heterocycles. The Labute approximate surface area is 199 Å². The van der Waals surface area contributed by atoms with E-state index in [2.05, 4.69) is 39.1 Å². The van der Waals surface area contributed by atoms with Crippen LogP contribution in [0.1, 0.15) is 18.4 Å². The molecule has 3 aromatic carbocycles. The smallest absolute Gasteiger partial charge is 0.141 e. The second-order valence-corrected chi connectivity index (χ2v) is 8.60. The van der Waals surface area contributed by atoms with Crippen molar-refractivity contribution in [3.05, 3.63) is 84.7 Å². The number of hydrogen-bond donors (Lipinski definition) is 2. The van der Waals surface area contributed by atoms with Crippen molar-refractivity contribution in [3.8, 4) is 23.3 Å².